The van der Waals surface area contributed by atoms with Gasteiger partial charge in [0.2, 0.25) is 5.91 Å². The number of hydrogen-bond acceptors (Lipinski definition) is 4. The van der Waals surface area contributed by atoms with Crippen LogP contribution >= 0.6 is 23.4 Å². The number of halogens is 1. The van der Waals surface area contributed by atoms with Gasteiger partial charge in [-0.05, 0) is 76.5 Å². The molecular weight excluding hydrogens is 440 g/mol. The fourth-order valence-corrected chi connectivity index (χ4v) is 3.85. The molecule has 0 radical (unpaired) electrons. The number of amides is 1. The number of nitrogens with one attached hydrogen (secondary N) is 1. The molecular formula is C26H21ClN2O2S. The van der Waals surface area contributed by atoms with Crippen LogP contribution in [0.15, 0.2) is 101 Å². The summed E-state index contributed by atoms with van der Waals surface area (Å²) in [5.74, 6) is 0.885. The number of thioether (sulfide) groups is 1. The third-order valence-corrected chi connectivity index (χ3v) is 5.95. The molecule has 0 saturated carbocycles. The summed E-state index contributed by atoms with van der Waals surface area (Å²) < 4.78 is 5.89. The minimum Gasteiger partial charge on any atom is -0.489 e. The van der Waals surface area contributed by atoms with E-state index < -0.39 is 0 Å². The lowest BCUT2D eigenvalue weighted by atomic mass is 10.1. The van der Waals surface area contributed by atoms with Crippen molar-refractivity contribution in [1.82, 2.24) is 5.43 Å². The van der Waals surface area contributed by atoms with Gasteiger partial charge in [0.1, 0.15) is 12.4 Å². The van der Waals surface area contributed by atoms with Gasteiger partial charge in [0.25, 0.3) is 0 Å². The molecule has 0 fully saturated rings. The second-order valence-electron chi connectivity index (χ2n) is 7.07. The van der Waals surface area contributed by atoms with E-state index in [4.69, 9.17) is 16.3 Å². The maximum absolute atomic E-state index is 11.9. The fourth-order valence-electron chi connectivity index (χ4n) is 3.04. The number of carbonyl (C=O) groups excluding carboxylic acids is 1. The van der Waals surface area contributed by atoms with Gasteiger partial charge in [-0.1, -0.05) is 48.0 Å². The average molecular weight is 461 g/mol. The normalized spacial score (nSPS) is 11.0. The molecule has 0 atom stereocenters. The molecule has 0 aliphatic heterocycles. The number of hydrazone groups is 1. The van der Waals surface area contributed by atoms with Gasteiger partial charge in [-0.2, -0.15) is 5.10 Å². The molecule has 0 saturated heterocycles. The smallest absolute Gasteiger partial charge is 0.250 e. The molecule has 4 aromatic rings. The third-order valence-electron chi connectivity index (χ3n) is 4.69. The second kappa shape index (κ2) is 10.8. The molecule has 0 bridgehead atoms. The van der Waals surface area contributed by atoms with Crippen molar-refractivity contribution in [3.63, 3.8) is 0 Å². The van der Waals surface area contributed by atoms with Crippen LogP contribution < -0.4 is 10.2 Å². The summed E-state index contributed by atoms with van der Waals surface area (Å²) >= 11 is 7.29. The molecule has 4 nitrogen and oxygen atoms in total. The van der Waals surface area contributed by atoms with E-state index in [0.717, 1.165) is 21.8 Å². The molecule has 0 unspecified atom stereocenters. The van der Waals surface area contributed by atoms with E-state index in [2.05, 4.69) is 40.9 Å². The number of carbonyl (C=O) groups is 1. The predicted octanol–water partition coefficient (Wildman–Crippen LogP) is 6.31. The summed E-state index contributed by atoms with van der Waals surface area (Å²) in [4.78, 5) is 12.9. The molecule has 4 aromatic carbocycles. The zero-order chi connectivity index (χ0) is 22.2. The van der Waals surface area contributed by atoms with Crippen molar-refractivity contribution in [3.8, 4) is 5.75 Å². The van der Waals surface area contributed by atoms with Gasteiger partial charge in [-0.3, -0.25) is 4.79 Å². The second-order valence-corrected chi connectivity index (χ2v) is 8.56. The van der Waals surface area contributed by atoms with Crippen LogP contribution in [0.1, 0.15) is 11.1 Å². The largest absolute Gasteiger partial charge is 0.489 e. The highest BCUT2D eigenvalue weighted by atomic mass is 35.5. The van der Waals surface area contributed by atoms with E-state index in [-0.39, 0.29) is 11.7 Å². The topological polar surface area (TPSA) is 50.7 Å². The number of benzene rings is 4. The van der Waals surface area contributed by atoms with Gasteiger partial charge in [-0.15, -0.1) is 11.8 Å². The van der Waals surface area contributed by atoms with Gasteiger partial charge in [0.15, 0.2) is 0 Å². The van der Waals surface area contributed by atoms with Crippen molar-refractivity contribution in [2.24, 2.45) is 5.10 Å². The first-order valence-corrected chi connectivity index (χ1v) is 11.4. The minimum absolute atomic E-state index is 0.170. The van der Waals surface area contributed by atoms with Crippen LogP contribution in [0.3, 0.4) is 0 Å². The van der Waals surface area contributed by atoms with Gasteiger partial charge in [0, 0.05) is 9.92 Å². The summed E-state index contributed by atoms with van der Waals surface area (Å²) in [7, 11) is 0. The Labute approximate surface area is 196 Å². The van der Waals surface area contributed by atoms with Crippen molar-refractivity contribution >= 4 is 46.3 Å². The highest BCUT2D eigenvalue weighted by Gasteiger charge is 2.02. The minimum atomic E-state index is -0.170. The zero-order valence-corrected chi connectivity index (χ0v) is 18.8. The molecule has 0 aliphatic carbocycles. The van der Waals surface area contributed by atoms with Crippen LogP contribution in [-0.2, 0) is 11.4 Å². The number of hydrogen-bond donors (Lipinski definition) is 1. The average Bonchev–Trinajstić information content (AvgIpc) is 2.83. The summed E-state index contributed by atoms with van der Waals surface area (Å²) in [6.45, 7) is 0.500. The van der Waals surface area contributed by atoms with Crippen LogP contribution in [0, 0.1) is 0 Å². The van der Waals surface area contributed by atoms with E-state index in [0.29, 0.717) is 11.6 Å². The predicted molar refractivity (Wildman–Crippen MR) is 133 cm³/mol. The maximum Gasteiger partial charge on any atom is 0.250 e. The van der Waals surface area contributed by atoms with Gasteiger partial charge < -0.3 is 4.74 Å². The molecule has 1 N–H and O–H groups in total. The first-order valence-electron chi connectivity index (χ1n) is 10.1. The molecule has 4 rings (SSSR count). The van der Waals surface area contributed by atoms with Crippen LogP contribution in [0.2, 0.25) is 5.02 Å². The van der Waals surface area contributed by atoms with Crippen molar-refractivity contribution in [1.29, 1.82) is 0 Å². The molecule has 32 heavy (non-hydrogen) atoms. The van der Waals surface area contributed by atoms with Crippen molar-refractivity contribution in [3.05, 3.63) is 107 Å². The Morgan fingerprint density at radius 2 is 1.69 bits per heavy atom. The Balaban J connectivity index is 1.23. The quantitative estimate of drug-likeness (QED) is 0.190. The Hall–Kier alpha value is -3.28. The Bertz CT molecular complexity index is 1220. The lowest BCUT2D eigenvalue weighted by Crippen LogP contribution is -2.19. The number of rotatable bonds is 8. The van der Waals surface area contributed by atoms with Gasteiger partial charge >= 0.3 is 0 Å². The Kier molecular flexibility index (Phi) is 7.43. The lowest BCUT2D eigenvalue weighted by molar-refractivity contribution is -0.118. The third kappa shape index (κ3) is 6.36. The molecule has 1 amide bonds. The summed E-state index contributed by atoms with van der Waals surface area (Å²) in [6.07, 6.45) is 1.61. The van der Waals surface area contributed by atoms with Crippen molar-refractivity contribution < 1.29 is 9.53 Å². The first-order chi connectivity index (χ1) is 15.7. The van der Waals surface area contributed by atoms with E-state index in [1.54, 1.807) is 18.3 Å². The van der Waals surface area contributed by atoms with E-state index in [9.17, 15) is 4.79 Å². The van der Waals surface area contributed by atoms with Crippen molar-refractivity contribution in [2.45, 2.75) is 11.5 Å². The summed E-state index contributed by atoms with van der Waals surface area (Å²) in [6, 6.07) is 29.5. The molecule has 0 aliphatic rings. The Morgan fingerprint density at radius 3 is 2.47 bits per heavy atom. The van der Waals surface area contributed by atoms with E-state index in [1.165, 1.54) is 22.5 Å². The summed E-state index contributed by atoms with van der Waals surface area (Å²) in [5.41, 5.74) is 4.53. The van der Waals surface area contributed by atoms with Crippen LogP contribution in [0.4, 0.5) is 0 Å². The number of fused-ring (bicyclic) bond motifs is 1. The molecule has 0 spiro atoms. The molecule has 0 heterocycles. The highest BCUT2D eigenvalue weighted by molar-refractivity contribution is 8.00. The fraction of sp³-hybridized carbons (Fsp3) is 0.0769. The van der Waals surface area contributed by atoms with Crippen molar-refractivity contribution in [2.75, 3.05) is 5.75 Å². The molecule has 6 heteroatoms. The van der Waals surface area contributed by atoms with Crippen LogP contribution in [0.25, 0.3) is 10.8 Å². The van der Waals surface area contributed by atoms with Gasteiger partial charge in [0.05, 0.1) is 12.0 Å². The van der Waals surface area contributed by atoms with Crippen LogP contribution in [-0.4, -0.2) is 17.9 Å². The SMILES string of the molecule is O=C(CSc1ccc(Cl)cc1)N/N=C\c1ccc(OCc2ccc3ccccc3c2)cc1. The number of ether oxygens (including phenoxy) is 1. The standard InChI is InChI=1S/C26H21ClN2O2S/c27-23-9-13-25(14-10-23)32-18-26(30)29-28-16-19-6-11-24(12-7-19)31-17-20-5-8-21-3-1-2-4-22(21)15-20/h1-16H,17-18H2,(H,29,30)/b28-16-. The maximum atomic E-state index is 11.9. The first kappa shape index (κ1) is 21.9. The summed E-state index contributed by atoms with van der Waals surface area (Å²) in [5, 5.41) is 7.12. The highest BCUT2D eigenvalue weighted by Crippen LogP contribution is 2.20. The monoisotopic (exact) mass is 460 g/mol. The van der Waals surface area contributed by atoms with E-state index in [1.807, 2.05) is 48.5 Å². The molecule has 160 valence electrons. The molecule has 0 aromatic heterocycles. The lowest BCUT2D eigenvalue weighted by Gasteiger charge is -2.07. The van der Waals surface area contributed by atoms with E-state index >= 15 is 0 Å². The van der Waals surface area contributed by atoms with Gasteiger partial charge in [-0.25, -0.2) is 5.43 Å². The Morgan fingerprint density at radius 1 is 0.938 bits per heavy atom. The van der Waals surface area contributed by atoms with Crippen LogP contribution in [0.5, 0.6) is 5.75 Å². The zero-order valence-electron chi connectivity index (χ0n) is 17.2. The number of nitrogens with zero attached hydrogens (tertiary/aromatic N) is 1.